The molecular weight excluding hydrogens is 288 g/mol. The number of aromatic amines is 1. The third-order valence-corrected chi connectivity index (χ3v) is 3.66. The average molecular weight is 297 g/mol. The van der Waals surface area contributed by atoms with Crippen molar-refractivity contribution in [3.05, 3.63) is 52.5 Å². The number of nitrogens with one attached hydrogen (secondary N) is 2. The zero-order valence-corrected chi connectivity index (χ0v) is 11.5. The lowest BCUT2D eigenvalue weighted by molar-refractivity contribution is -0.110. The molecule has 2 heterocycles. The number of rotatable bonds is 1. The van der Waals surface area contributed by atoms with E-state index >= 15 is 0 Å². The van der Waals surface area contributed by atoms with E-state index in [1.807, 2.05) is 30.3 Å². The molecule has 5 nitrogen and oxygen atoms in total. The number of anilines is 1. The molecule has 0 bridgehead atoms. The number of carbonyl (C=O) groups is 1. The van der Waals surface area contributed by atoms with E-state index < -0.39 is 0 Å². The van der Waals surface area contributed by atoms with Crippen molar-refractivity contribution < 1.29 is 4.79 Å². The van der Waals surface area contributed by atoms with Gasteiger partial charge in [-0.15, -0.1) is 5.10 Å². The van der Waals surface area contributed by atoms with Crippen LogP contribution in [0.5, 0.6) is 0 Å². The summed E-state index contributed by atoms with van der Waals surface area (Å²) in [4.78, 5) is 12.1. The molecule has 0 unspecified atom stereocenters. The fourth-order valence-electron chi connectivity index (χ4n) is 2.43. The second-order valence-corrected chi connectivity index (χ2v) is 5.23. The van der Waals surface area contributed by atoms with Crippen molar-refractivity contribution in [1.82, 2.24) is 15.4 Å². The maximum absolute atomic E-state index is 12.1. The highest BCUT2D eigenvalue weighted by Crippen LogP contribution is 2.35. The van der Waals surface area contributed by atoms with Gasteiger partial charge in [-0.2, -0.15) is 0 Å². The molecule has 1 aliphatic heterocycles. The summed E-state index contributed by atoms with van der Waals surface area (Å²) >= 11 is 5.94. The first-order valence-electron chi connectivity index (χ1n) is 6.34. The van der Waals surface area contributed by atoms with E-state index in [0.29, 0.717) is 10.6 Å². The fraction of sp³-hybridized carbons (Fsp3) is 0. The van der Waals surface area contributed by atoms with Crippen LogP contribution in [0.4, 0.5) is 5.69 Å². The third-order valence-electron chi connectivity index (χ3n) is 3.43. The van der Waals surface area contributed by atoms with Crippen LogP contribution in [0.1, 0.15) is 11.1 Å². The second kappa shape index (κ2) is 4.43. The first-order chi connectivity index (χ1) is 10.2. The number of nitrogens with zero attached hydrogens (tertiary/aromatic N) is 2. The number of amides is 1. The van der Waals surface area contributed by atoms with Crippen molar-refractivity contribution in [2.24, 2.45) is 0 Å². The summed E-state index contributed by atoms with van der Waals surface area (Å²) in [6.07, 6.45) is 1.84. The predicted molar refractivity (Wildman–Crippen MR) is 81.8 cm³/mol. The minimum absolute atomic E-state index is 0.132. The molecule has 0 saturated heterocycles. The maximum Gasteiger partial charge on any atom is 0.256 e. The van der Waals surface area contributed by atoms with E-state index in [4.69, 9.17) is 11.6 Å². The van der Waals surface area contributed by atoms with Crippen LogP contribution in [0.25, 0.3) is 22.7 Å². The lowest BCUT2D eigenvalue weighted by Crippen LogP contribution is -2.03. The molecule has 0 saturated carbocycles. The number of benzene rings is 2. The normalized spacial score (nSPS) is 15.5. The molecule has 1 amide bonds. The van der Waals surface area contributed by atoms with Crippen LogP contribution in [0.15, 0.2) is 36.4 Å². The number of H-pyrrole nitrogens is 1. The van der Waals surface area contributed by atoms with E-state index in [9.17, 15) is 4.79 Å². The molecule has 1 aliphatic rings. The summed E-state index contributed by atoms with van der Waals surface area (Å²) < 4.78 is 0. The number of aromatic nitrogens is 3. The van der Waals surface area contributed by atoms with Crippen molar-refractivity contribution in [3.63, 3.8) is 0 Å². The Balaban J connectivity index is 1.84. The zero-order chi connectivity index (χ0) is 14.4. The van der Waals surface area contributed by atoms with E-state index in [2.05, 4.69) is 20.7 Å². The quantitative estimate of drug-likeness (QED) is 0.678. The minimum atomic E-state index is -0.132. The monoisotopic (exact) mass is 296 g/mol. The van der Waals surface area contributed by atoms with Crippen LogP contribution in [-0.2, 0) is 4.79 Å². The third kappa shape index (κ3) is 1.98. The molecule has 0 radical (unpaired) electrons. The topological polar surface area (TPSA) is 70.7 Å². The zero-order valence-electron chi connectivity index (χ0n) is 10.7. The fourth-order valence-corrected chi connectivity index (χ4v) is 2.60. The molecule has 3 aromatic rings. The van der Waals surface area contributed by atoms with Gasteiger partial charge in [0.05, 0.1) is 11.2 Å². The molecule has 0 fully saturated rings. The summed E-state index contributed by atoms with van der Waals surface area (Å²) in [5, 5.41) is 13.9. The number of hydrogen-bond donors (Lipinski definition) is 2. The second-order valence-electron chi connectivity index (χ2n) is 4.79. The Morgan fingerprint density at radius 2 is 2.05 bits per heavy atom. The molecule has 6 heteroatoms. The average Bonchev–Trinajstić information content (AvgIpc) is 3.03. The van der Waals surface area contributed by atoms with E-state index in [-0.39, 0.29) is 5.91 Å². The minimum Gasteiger partial charge on any atom is -0.321 e. The molecule has 1 aromatic heterocycles. The Hall–Kier alpha value is -2.66. The van der Waals surface area contributed by atoms with Crippen molar-refractivity contribution in [2.45, 2.75) is 0 Å². The highest BCUT2D eigenvalue weighted by atomic mass is 35.5. The molecular formula is C15H9ClN4O. The summed E-state index contributed by atoms with van der Waals surface area (Å²) in [5.41, 5.74) is 4.72. The number of halogens is 1. The Morgan fingerprint density at radius 3 is 2.95 bits per heavy atom. The van der Waals surface area contributed by atoms with Gasteiger partial charge in [-0.3, -0.25) is 9.89 Å². The van der Waals surface area contributed by atoms with Crippen molar-refractivity contribution >= 4 is 45.9 Å². The van der Waals surface area contributed by atoms with Crippen LogP contribution >= 0.6 is 11.6 Å². The molecule has 0 spiro atoms. The van der Waals surface area contributed by atoms with Gasteiger partial charge in [-0.25, -0.2) is 0 Å². The van der Waals surface area contributed by atoms with E-state index in [1.54, 1.807) is 12.1 Å². The lowest BCUT2D eigenvalue weighted by atomic mass is 10.0. The number of carbonyl (C=O) groups excluding carboxylic acids is 1. The van der Waals surface area contributed by atoms with Crippen LogP contribution in [0.2, 0.25) is 5.02 Å². The van der Waals surface area contributed by atoms with Gasteiger partial charge in [-0.1, -0.05) is 28.9 Å². The lowest BCUT2D eigenvalue weighted by Gasteiger charge is -1.99. The van der Waals surface area contributed by atoms with E-state index in [1.165, 1.54) is 0 Å². The summed E-state index contributed by atoms with van der Waals surface area (Å²) in [6, 6.07) is 11.0. The molecule has 4 rings (SSSR count). The van der Waals surface area contributed by atoms with Gasteiger partial charge < -0.3 is 5.32 Å². The Labute approximate surface area is 124 Å². The Bertz CT molecular complexity index is 913. The van der Waals surface area contributed by atoms with Gasteiger partial charge in [0.1, 0.15) is 5.52 Å². The molecule has 2 N–H and O–H groups in total. The highest BCUT2D eigenvalue weighted by molar-refractivity contribution is 6.36. The summed E-state index contributed by atoms with van der Waals surface area (Å²) in [5.74, 6) is -0.132. The highest BCUT2D eigenvalue weighted by Gasteiger charge is 2.24. The molecule has 102 valence electrons. The van der Waals surface area contributed by atoms with Crippen LogP contribution in [0, 0.1) is 0 Å². The molecule has 2 aromatic carbocycles. The van der Waals surface area contributed by atoms with Gasteiger partial charge in [0.15, 0.2) is 0 Å². The van der Waals surface area contributed by atoms with E-state index in [0.717, 1.165) is 27.8 Å². The van der Waals surface area contributed by atoms with Crippen molar-refractivity contribution in [3.8, 4) is 0 Å². The van der Waals surface area contributed by atoms with Crippen molar-refractivity contribution in [2.75, 3.05) is 5.32 Å². The van der Waals surface area contributed by atoms with Crippen molar-refractivity contribution in [1.29, 1.82) is 0 Å². The Morgan fingerprint density at radius 1 is 1.14 bits per heavy atom. The summed E-state index contributed by atoms with van der Waals surface area (Å²) in [7, 11) is 0. The van der Waals surface area contributed by atoms with Crippen LogP contribution in [0.3, 0.4) is 0 Å². The maximum atomic E-state index is 12.1. The summed E-state index contributed by atoms with van der Waals surface area (Å²) in [6.45, 7) is 0. The van der Waals surface area contributed by atoms with Gasteiger partial charge in [-0.05, 0) is 35.9 Å². The smallest absolute Gasteiger partial charge is 0.256 e. The molecule has 0 atom stereocenters. The van der Waals surface area contributed by atoms with Gasteiger partial charge in [0.2, 0.25) is 0 Å². The van der Waals surface area contributed by atoms with Crippen LogP contribution < -0.4 is 5.32 Å². The number of fused-ring (bicyclic) bond motifs is 2. The molecule has 21 heavy (non-hydrogen) atoms. The largest absolute Gasteiger partial charge is 0.321 e. The predicted octanol–water partition coefficient (Wildman–Crippen LogP) is 3.10. The van der Waals surface area contributed by atoms with Gasteiger partial charge >= 0.3 is 0 Å². The SMILES string of the molecule is O=C1Nc2cc(Cl)ccc2/C1=C\c1ccc2[nH]nnc2c1. The molecule has 0 aliphatic carbocycles. The standard InChI is InChI=1S/C15H9ClN4O/c16-9-2-3-10-11(15(21)17-13(10)7-9)5-8-1-4-12-14(6-8)19-20-18-12/h1-7H,(H,17,21)(H,18,19,20)/b11-5+. The van der Waals surface area contributed by atoms with Crippen LogP contribution in [-0.4, -0.2) is 21.3 Å². The van der Waals surface area contributed by atoms with Gasteiger partial charge in [0.25, 0.3) is 5.91 Å². The number of hydrogen-bond acceptors (Lipinski definition) is 3. The first kappa shape index (κ1) is 12.1. The Kier molecular flexibility index (Phi) is 2.55. The van der Waals surface area contributed by atoms with Gasteiger partial charge in [0, 0.05) is 16.2 Å². The first-order valence-corrected chi connectivity index (χ1v) is 6.72.